The summed E-state index contributed by atoms with van der Waals surface area (Å²) < 4.78 is 5.85. The number of aryl methyl sites for hydroxylation is 2. The minimum Gasteiger partial charge on any atom is -0.420 e. The topological polar surface area (TPSA) is 71.3 Å². The fourth-order valence-corrected chi connectivity index (χ4v) is 4.11. The third-order valence-corrected chi connectivity index (χ3v) is 5.50. The Kier molecular flexibility index (Phi) is 4.94. The first-order valence-electron chi connectivity index (χ1n) is 9.08. The number of hydrogen-bond acceptors (Lipinski definition) is 5. The summed E-state index contributed by atoms with van der Waals surface area (Å²) in [6, 6.07) is 7.99. The molecule has 1 aromatic carbocycles. The molecule has 4 rings (SSSR count). The molecule has 0 bridgehead atoms. The Morgan fingerprint density at radius 3 is 2.59 bits per heavy atom. The number of aromatic nitrogens is 2. The van der Waals surface area contributed by atoms with Gasteiger partial charge in [-0.05, 0) is 61.4 Å². The molecule has 3 aromatic rings. The highest BCUT2D eigenvalue weighted by Gasteiger charge is 2.27. The number of anilines is 1. The number of urea groups is 1. The Balaban J connectivity index is 1.35. The number of hydrogen-bond donors (Lipinski definition) is 1. The molecule has 0 saturated carbocycles. The molecule has 0 atom stereocenters. The molecule has 27 heavy (non-hydrogen) atoms. The lowest BCUT2D eigenvalue weighted by molar-refractivity contribution is 0.190. The van der Waals surface area contributed by atoms with Crippen molar-refractivity contribution in [2.75, 3.05) is 18.4 Å². The van der Waals surface area contributed by atoms with Gasteiger partial charge in [0.2, 0.25) is 11.8 Å². The van der Waals surface area contributed by atoms with E-state index in [2.05, 4.69) is 21.6 Å². The molecule has 7 heteroatoms. The predicted molar refractivity (Wildman–Crippen MR) is 106 cm³/mol. The fraction of sp³-hybridized carbons (Fsp3) is 0.350. The summed E-state index contributed by atoms with van der Waals surface area (Å²) in [5, 5.41) is 15.4. The Morgan fingerprint density at radius 1 is 1.19 bits per heavy atom. The quantitative estimate of drug-likeness (QED) is 0.704. The van der Waals surface area contributed by atoms with Crippen molar-refractivity contribution in [3.63, 3.8) is 0 Å². The van der Waals surface area contributed by atoms with Gasteiger partial charge in [-0.1, -0.05) is 6.07 Å². The molecule has 1 aliphatic rings. The van der Waals surface area contributed by atoms with Crippen LogP contribution in [0.1, 0.15) is 35.8 Å². The van der Waals surface area contributed by atoms with Gasteiger partial charge in [0, 0.05) is 35.6 Å². The second-order valence-electron chi connectivity index (χ2n) is 7.03. The smallest absolute Gasteiger partial charge is 0.321 e. The van der Waals surface area contributed by atoms with Crippen LogP contribution in [0.4, 0.5) is 10.5 Å². The number of nitrogens with one attached hydrogen (secondary N) is 1. The van der Waals surface area contributed by atoms with Crippen molar-refractivity contribution in [2.45, 2.75) is 32.6 Å². The van der Waals surface area contributed by atoms with E-state index < -0.39 is 0 Å². The van der Waals surface area contributed by atoms with E-state index in [9.17, 15) is 4.79 Å². The zero-order valence-corrected chi connectivity index (χ0v) is 16.3. The lowest BCUT2D eigenvalue weighted by Crippen LogP contribution is -2.40. The molecule has 1 aliphatic heterocycles. The number of carbonyl (C=O) groups excluding carboxylic acids is 1. The van der Waals surface area contributed by atoms with E-state index in [0.29, 0.717) is 24.9 Å². The number of nitrogens with zero attached hydrogens (tertiary/aromatic N) is 3. The first-order chi connectivity index (χ1) is 13.1. The minimum absolute atomic E-state index is 0.0528. The van der Waals surface area contributed by atoms with E-state index in [4.69, 9.17) is 4.42 Å². The van der Waals surface area contributed by atoms with Gasteiger partial charge in [-0.25, -0.2) is 4.79 Å². The average Bonchev–Trinajstić information content (AvgIpc) is 3.32. The Hall–Kier alpha value is -2.67. The van der Waals surface area contributed by atoms with Gasteiger partial charge in [0.05, 0.1) is 0 Å². The number of amides is 2. The second kappa shape index (κ2) is 7.52. The molecule has 0 unspecified atom stereocenters. The fourth-order valence-electron chi connectivity index (χ4n) is 3.48. The van der Waals surface area contributed by atoms with Crippen molar-refractivity contribution in [3.05, 3.63) is 52.0 Å². The molecule has 1 saturated heterocycles. The summed E-state index contributed by atoms with van der Waals surface area (Å²) in [5.41, 5.74) is 4.09. The van der Waals surface area contributed by atoms with E-state index in [1.807, 2.05) is 47.7 Å². The van der Waals surface area contributed by atoms with Gasteiger partial charge >= 0.3 is 6.03 Å². The van der Waals surface area contributed by atoms with Crippen LogP contribution in [0.3, 0.4) is 0 Å². The van der Waals surface area contributed by atoms with E-state index in [-0.39, 0.29) is 11.9 Å². The van der Waals surface area contributed by atoms with Gasteiger partial charge < -0.3 is 14.6 Å². The summed E-state index contributed by atoms with van der Waals surface area (Å²) in [7, 11) is 0. The van der Waals surface area contributed by atoms with E-state index in [0.717, 1.165) is 35.2 Å². The molecule has 1 fully saturated rings. The number of likely N-dealkylation sites (tertiary alicyclic amines) is 1. The molecule has 140 valence electrons. The highest BCUT2D eigenvalue weighted by atomic mass is 32.1. The number of piperidine rings is 1. The van der Waals surface area contributed by atoms with Gasteiger partial charge in [-0.2, -0.15) is 11.3 Å². The van der Waals surface area contributed by atoms with Crippen LogP contribution in [0.25, 0.3) is 11.5 Å². The number of thiophene rings is 1. The number of benzene rings is 1. The Bertz CT molecular complexity index is 907. The third kappa shape index (κ3) is 4.03. The summed E-state index contributed by atoms with van der Waals surface area (Å²) in [6.45, 7) is 5.42. The van der Waals surface area contributed by atoms with Crippen molar-refractivity contribution in [3.8, 4) is 11.5 Å². The SMILES string of the molecule is Cc1cc(C)cc(NC(=O)N2CCC(c3nnc(-c4ccsc4)o3)CC2)c1. The zero-order valence-electron chi connectivity index (χ0n) is 15.4. The standard InChI is InChI=1S/C20H22N4O2S/c1-13-9-14(2)11-17(10-13)21-20(25)24-6-3-15(4-7-24)18-22-23-19(26-18)16-5-8-27-12-16/h5,8-12,15H,3-4,6-7H2,1-2H3,(H,21,25). The van der Waals surface area contributed by atoms with Crippen LogP contribution >= 0.6 is 11.3 Å². The largest absolute Gasteiger partial charge is 0.420 e. The normalized spacial score (nSPS) is 15.1. The maximum absolute atomic E-state index is 12.6. The van der Waals surface area contributed by atoms with Crippen molar-refractivity contribution in [1.29, 1.82) is 0 Å². The summed E-state index contributed by atoms with van der Waals surface area (Å²) in [4.78, 5) is 14.4. The van der Waals surface area contributed by atoms with Crippen LogP contribution in [0, 0.1) is 13.8 Å². The molecule has 3 heterocycles. The average molecular weight is 382 g/mol. The van der Waals surface area contributed by atoms with Gasteiger partial charge in [-0.3, -0.25) is 0 Å². The third-order valence-electron chi connectivity index (χ3n) is 4.81. The van der Waals surface area contributed by atoms with Crippen LogP contribution in [0.15, 0.2) is 39.4 Å². The molecule has 0 spiro atoms. The van der Waals surface area contributed by atoms with Crippen LogP contribution in [-0.4, -0.2) is 34.2 Å². The molecule has 2 aromatic heterocycles. The van der Waals surface area contributed by atoms with Gasteiger partial charge in [0.1, 0.15) is 0 Å². The number of carbonyl (C=O) groups is 1. The molecular formula is C20H22N4O2S. The zero-order chi connectivity index (χ0) is 18.8. The van der Waals surface area contributed by atoms with Crippen LogP contribution in [0.5, 0.6) is 0 Å². The summed E-state index contributed by atoms with van der Waals surface area (Å²) >= 11 is 1.61. The second-order valence-corrected chi connectivity index (χ2v) is 7.81. The van der Waals surface area contributed by atoms with Crippen molar-refractivity contribution < 1.29 is 9.21 Å². The van der Waals surface area contributed by atoms with E-state index in [1.165, 1.54) is 0 Å². The molecular weight excluding hydrogens is 360 g/mol. The minimum atomic E-state index is -0.0528. The maximum atomic E-state index is 12.6. The molecule has 0 radical (unpaired) electrons. The van der Waals surface area contributed by atoms with Gasteiger partial charge in [-0.15, -0.1) is 10.2 Å². The van der Waals surface area contributed by atoms with Gasteiger partial charge in [0.15, 0.2) is 0 Å². The molecule has 1 N–H and O–H groups in total. The van der Waals surface area contributed by atoms with Crippen molar-refractivity contribution >= 4 is 23.1 Å². The van der Waals surface area contributed by atoms with Gasteiger partial charge in [0.25, 0.3) is 0 Å². The number of rotatable bonds is 3. The maximum Gasteiger partial charge on any atom is 0.321 e. The van der Waals surface area contributed by atoms with Crippen LogP contribution in [-0.2, 0) is 0 Å². The first-order valence-corrected chi connectivity index (χ1v) is 10.0. The van der Waals surface area contributed by atoms with Crippen LogP contribution < -0.4 is 5.32 Å². The molecule has 6 nitrogen and oxygen atoms in total. The molecule has 0 aliphatic carbocycles. The highest BCUT2D eigenvalue weighted by molar-refractivity contribution is 7.08. The first kappa shape index (κ1) is 17.7. The van der Waals surface area contributed by atoms with E-state index in [1.54, 1.807) is 11.3 Å². The Labute approximate surface area is 162 Å². The lowest BCUT2D eigenvalue weighted by atomic mass is 9.97. The van der Waals surface area contributed by atoms with Crippen molar-refractivity contribution in [1.82, 2.24) is 15.1 Å². The monoisotopic (exact) mass is 382 g/mol. The Morgan fingerprint density at radius 2 is 1.93 bits per heavy atom. The van der Waals surface area contributed by atoms with E-state index >= 15 is 0 Å². The highest BCUT2D eigenvalue weighted by Crippen LogP contribution is 2.30. The van der Waals surface area contributed by atoms with Crippen molar-refractivity contribution in [2.24, 2.45) is 0 Å². The lowest BCUT2D eigenvalue weighted by Gasteiger charge is -2.30. The predicted octanol–water partition coefficient (Wildman–Crippen LogP) is 4.83. The van der Waals surface area contributed by atoms with Crippen LogP contribution in [0.2, 0.25) is 0 Å². The summed E-state index contributed by atoms with van der Waals surface area (Å²) in [6.07, 6.45) is 1.65. The summed E-state index contributed by atoms with van der Waals surface area (Å²) in [5.74, 6) is 1.45. The molecule has 2 amide bonds.